The molecule has 0 bridgehead atoms. The Hall–Kier alpha value is -5.37. The maximum atomic E-state index is 4.90. The van der Waals surface area contributed by atoms with Crippen LogP contribution in [0.25, 0.3) is 55.8 Å². The molecule has 0 aliphatic carbocycles. The average Bonchev–Trinajstić information content (AvgIpc) is 3.61. The molecule has 0 aliphatic rings. The van der Waals surface area contributed by atoms with Crippen LogP contribution in [-0.2, 0) is 6.54 Å². The number of hydrogen-bond acceptors (Lipinski definition) is 6. The molecule has 8 nitrogen and oxygen atoms in total. The minimum Gasteiger partial charge on any atom is -0.380 e. The summed E-state index contributed by atoms with van der Waals surface area (Å²) in [5.41, 5.74) is 9.30. The van der Waals surface area contributed by atoms with Crippen LogP contribution in [0.4, 0.5) is 5.69 Å². The molecular formula is C30H22N8. The van der Waals surface area contributed by atoms with E-state index in [1.54, 1.807) is 18.6 Å². The number of rotatable bonds is 6. The number of nitrogens with one attached hydrogen (secondary N) is 3. The highest BCUT2D eigenvalue weighted by Crippen LogP contribution is 2.32. The second-order valence-electron chi connectivity index (χ2n) is 9.02. The van der Waals surface area contributed by atoms with E-state index in [2.05, 4.69) is 65.8 Å². The Bertz CT molecular complexity index is 1870. The van der Waals surface area contributed by atoms with Crippen molar-refractivity contribution in [3.63, 3.8) is 0 Å². The first-order valence-corrected chi connectivity index (χ1v) is 12.3. The molecule has 8 heteroatoms. The Labute approximate surface area is 217 Å². The molecule has 182 valence electrons. The summed E-state index contributed by atoms with van der Waals surface area (Å²) in [7, 11) is 0. The monoisotopic (exact) mass is 494 g/mol. The van der Waals surface area contributed by atoms with Gasteiger partial charge >= 0.3 is 0 Å². The maximum Gasteiger partial charge on any atom is 0.159 e. The fraction of sp³-hybridized carbons (Fsp3) is 0.0333. The molecule has 5 aromatic heterocycles. The predicted octanol–water partition coefficient (Wildman–Crippen LogP) is 6.24. The van der Waals surface area contributed by atoms with Crippen molar-refractivity contribution in [1.82, 2.24) is 35.1 Å². The van der Waals surface area contributed by atoms with Crippen LogP contribution in [0, 0.1) is 0 Å². The molecule has 0 amide bonds. The van der Waals surface area contributed by atoms with E-state index in [-0.39, 0.29) is 0 Å². The number of pyridine rings is 3. The fourth-order valence-electron chi connectivity index (χ4n) is 4.63. The first kappa shape index (κ1) is 21.9. The average molecular weight is 495 g/mol. The lowest BCUT2D eigenvalue weighted by Crippen LogP contribution is -1.99. The first-order chi connectivity index (χ1) is 18.8. The van der Waals surface area contributed by atoms with Crippen molar-refractivity contribution in [2.24, 2.45) is 0 Å². The molecule has 0 unspecified atom stereocenters. The van der Waals surface area contributed by atoms with Gasteiger partial charge < -0.3 is 10.3 Å². The topological polar surface area (TPSA) is 108 Å². The summed E-state index contributed by atoms with van der Waals surface area (Å²) in [5, 5.41) is 12.2. The molecule has 7 rings (SSSR count). The molecule has 0 radical (unpaired) electrons. The zero-order valence-corrected chi connectivity index (χ0v) is 20.3. The third-order valence-electron chi connectivity index (χ3n) is 6.53. The molecule has 7 aromatic rings. The SMILES string of the molecule is c1ccc(CNc2cncc(-c3ccc4[nH]nc(-c5nc6c(-c7cccnc7)nccc6[nH]5)c4c3)c2)cc1. The van der Waals surface area contributed by atoms with Crippen LogP contribution >= 0.6 is 0 Å². The van der Waals surface area contributed by atoms with E-state index in [4.69, 9.17) is 4.98 Å². The van der Waals surface area contributed by atoms with E-state index in [1.807, 2.05) is 54.9 Å². The fourth-order valence-corrected chi connectivity index (χ4v) is 4.63. The molecule has 0 spiro atoms. The van der Waals surface area contributed by atoms with Gasteiger partial charge in [-0.25, -0.2) is 4.98 Å². The number of H-pyrrole nitrogens is 2. The lowest BCUT2D eigenvalue weighted by atomic mass is 10.0. The van der Waals surface area contributed by atoms with Crippen LogP contribution < -0.4 is 5.32 Å². The molecule has 0 atom stereocenters. The van der Waals surface area contributed by atoms with E-state index < -0.39 is 0 Å². The summed E-state index contributed by atoms with van der Waals surface area (Å²) in [4.78, 5) is 21.6. The number of nitrogens with zero attached hydrogens (tertiary/aromatic N) is 5. The van der Waals surface area contributed by atoms with E-state index in [0.29, 0.717) is 5.82 Å². The predicted molar refractivity (Wildman–Crippen MR) is 149 cm³/mol. The summed E-state index contributed by atoms with van der Waals surface area (Å²) in [6.07, 6.45) is 9.04. The lowest BCUT2D eigenvalue weighted by Gasteiger charge is -2.08. The number of aromatic nitrogens is 7. The Balaban J connectivity index is 1.24. The molecule has 0 aliphatic heterocycles. The maximum absolute atomic E-state index is 4.90. The lowest BCUT2D eigenvalue weighted by molar-refractivity contribution is 1.11. The van der Waals surface area contributed by atoms with Crippen molar-refractivity contribution < 1.29 is 0 Å². The van der Waals surface area contributed by atoms with Gasteiger partial charge in [0.1, 0.15) is 11.2 Å². The summed E-state index contributed by atoms with van der Waals surface area (Å²) in [6, 6.07) is 24.5. The Morgan fingerprint density at radius 3 is 2.53 bits per heavy atom. The van der Waals surface area contributed by atoms with Gasteiger partial charge in [-0.2, -0.15) is 5.10 Å². The van der Waals surface area contributed by atoms with Crippen molar-refractivity contribution in [1.29, 1.82) is 0 Å². The highest BCUT2D eigenvalue weighted by molar-refractivity contribution is 5.97. The normalized spacial score (nSPS) is 11.3. The van der Waals surface area contributed by atoms with Gasteiger partial charge in [0.15, 0.2) is 5.82 Å². The summed E-state index contributed by atoms with van der Waals surface area (Å²) >= 11 is 0. The van der Waals surface area contributed by atoms with Gasteiger partial charge in [-0.3, -0.25) is 20.1 Å². The minimum atomic E-state index is 0.679. The van der Waals surface area contributed by atoms with Gasteiger partial charge in [-0.05, 0) is 47.5 Å². The van der Waals surface area contributed by atoms with Crippen LogP contribution in [0.3, 0.4) is 0 Å². The second-order valence-corrected chi connectivity index (χ2v) is 9.02. The van der Waals surface area contributed by atoms with Gasteiger partial charge in [-0.1, -0.05) is 36.4 Å². The molecule has 5 heterocycles. The quantitative estimate of drug-likeness (QED) is 0.253. The summed E-state index contributed by atoms with van der Waals surface area (Å²) in [5.74, 6) is 0.679. The Kier molecular flexibility index (Phi) is 5.33. The third-order valence-corrected chi connectivity index (χ3v) is 6.53. The van der Waals surface area contributed by atoms with E-state index in [9.17, 15) is 0 Å². The van der Waals surface area contributed by atoms with Crippen molar-refractivity contribution >= 4 is 27.6 Å². The number of imidazole rings is 1. The number of anilines is 1. The second kappa shape index (κ2) is 9.25. The molecule has 0 fully saturated rings. The van der Waals surface area contributed by atoms with Gasteiger partial charge in [0.05, 0.1) is 22.4 Å². The van der Waals surface area contributed by atoms with Gasteiger partial charge in [0, 0.05) is 54.0 Å². The van der Waals surface area contributed by atoms with Crippen molar-refractivity contribution in [3.05, 3.63) is 109 Å². The van der Waals surface area contributed by atoms with Crippen LogP contribution in [0.5, 0.6) is 0 Å². The molecule has 2 aromatic carbocycles. The molecular weight excluding hydrogens is 472 g/mol. The van der Waals surface area contributed by atoms with Crippen LogP contribution in [0.15, 0.2) is 104 Å². The van der Waals surface area contributed by atoms with Crippen molar-refractivity contribution in [2.45, 2.75) is 6.54 Å². The van der Waals surface area contributed by atoms with E-state index >= 15 is 0 Å². The smallest absolute Gasteiger partial charge is 0.159 e. The van der Waals surface area contributed by atoms with Crippen LogP contribution in [0.2, 0.25) is 0 Å². The summed E-state index contributed by atoms with van der Waals surface area (Å²) in [6.45, 7) is 0.735. The molecule has 0 saturated heterocycles. The highest BCUT2D eigenvalue weighted by Gasteiger charge is 2.16. The summed E-state index contributed by atoms with van der Waals surface area (Å²) < 4.78 is 0. The molecule has 38 heavy (non-hydrogen) atoms. The zero-order valence-electron chi connectivity index (χ0n) is 20.3. The van der Waals surface area contributed by atoms with Crippen LogP contribution in [-0.4, -0.2) is 35.1 Å². The number of benzene rings is 2. The molecule has 0 saturated carbocycles. The first-order valence-electron chi connectivity index (χ1n) is 12.3. The standard InChI is InChI=1S/C30H22N8/c1-2-5-19(6-3-1)15-34-23-13-22(17-32-18-23)20-8-9-25-24(14-20)28(38-37-25)30-35-26-10-12-33-27(29(26)36-30)21-7-4-11-31-16-21/h1-14,16-18,34H,15H2,(H,35,36)(H,37,38). The van der Waals surface area contributed by atoms with Crippen molar-refractivity contribution in [3.8, 4) is 33.9 Å². The highest BCUT2D eigenvalue weighted by atomic mass is 15.1. The number of aromatic amines is 2. The van der Waals surface area contributed by atoms with Gasteiger partial charge in [0.25, 0.3) is 0 Å². The van der Waals surface area contributed by atoms with E-state index in [1.165, 1.54) is 5.56 Å². The van der Waals surface area contributed by atoms with E-state index in [0.717, 1.165) is 62.2 Å². The molecule has 3 N–H and O–H groups in total. The van der Waals surface area contributed by atoms with Crippen molar-refractivity contribution in [2.75, 3.05) is 5.32 Å². The third kappa shape index (κ3) is 4.04. The number of hydrogen-bond donors (Lipinski definition) is 3. The Morgan fingerprint density at radius 2 is 1.63 bits per heavy atom. The van der Waals surface area contributed by atoms with Gasteiger partial charge in [-0.15, -0.1) is 0 Å². The zero-order chi connectivity index (χ0) is 25.3. The largest absolute Gasteiger partial charge is 0.380 e. The van der Waals surface area contributed by atoms with Crippen LogP contribution in [0.1, 0.15) is 5.56 Å². The minimum absolute atomic E-state index is 0.679. The Morgan fingerprint density at radius 1 is 0.711 bits per heavy atom. The van der Waals surface area contributed by atoms with Gasteiger partial charge in [0.2, 0.25) is 0 Å². The number of fused-ring (bicyclic) bond motifs is 2.